The van der Waals surface area contributed by atoms with Gasteiger partial charge in [-0.3, -0.25) is 4.79 Å². The van der Waals surface area contributed by atoms with Crippen LogP contribution in [0.25, 0.3) is 0 Å². The summed E-state index contributed by atoms with van der Waals surface area (Å²) in [7, 11) is 0. The number of aromatic nitrogens is 4. The molecule has 0 radical (unpaired) electrons. The number of amides is 1. The molecule has 0 unspecified atom stereocenters. The van der Waals surface area contributed by atoms with Crippen molar-refractivity contribution in [1.82, 2.24) is 20.0 Å². The van der Waals surface area contributed by atoms with Crippen LogP contribution in [0.2, 0.25) is 0 Å². The van der Waals surface area contributed by atoms with Gasteiger partial charge in [0.25, 0.3) is 0 Å². The van der Waals surface area contributed by atoms with Gasteiger partial charge in [-0.1, -0.05) is 19.1 Å². The van der Waals surface area contributed by atoms with Crippen LogP contribution in [0.1, 0.15) is 41.6 Å². The van der Waals surface area contributed by atoms with E-state index in [2.05, 4.69) is 20.6 Å². The van der Waals surface area contributed by atoms with Crippen molar-refractivity contribution >= 4 is 28.3 Å². The summed E-state index contributed by atoms with van der Waals surface area (Å²) in [6.45, 7) is 5.37. The van der Waals surface area contributed by atoms with Crippen molar-refractivity contribution in [3.8, 4) is 0 Å². The Morgan fingerprint density at radius 3 is 2.71 bits per heavy atom. The van der Waals surface area contributed by atoms with E-state index in [9.17, 15) is 9.59 Å². The second-order valence-corrected chi connectivity index (χ2v) is 5.64. The van der Waals surface area contributed by atoms with Gasteiger partial charge in [-0.15, -0.1) is 16.4 Å². The second-order valence-electron chi connectivity index (χ2n) is 4.78. The van der Waals surface area contributed by atoms with Crippen molar-refractivity contribution in [2.24, 2.45) is 0 Å². The fraction of sp³-hybridized carbons (Fsp3) is 0.417. The lowest BCUT2D eigenvalue weighted by Crippen LogP contribution is -2.21. The van der Waals surface area contributed by atoms with E-state index in [0.29, 0.717) is 10.8 Å². The number of nitrogens with one attached hydrogen (secondary N) is 1. The van der Waals surface area contributed by atoms with Crippen molar-refractivity contribution in [2.75, 3.05) is 5.32 Å². The van der Waals surface area contributed by atoms with Crippen LogP contribution in [-0.4, -0.2) is 37.0 Å². The molecule has 0 saturated heterocycles. The highest BCUT2D eigenvalue weighted by molar-refractivity contribution is 7.13. The zero-order valence-corrected chi connectivity index (χ0v) is 12.6. The molecule has 0 aliphatic heterocycles. The Kier molecular flexibility index (Phi) is 4.32. The third-order valence-corrected chi connectivity index (χ3v) is 3.56. The number of rotatable bonds is 5. The third-order valence-electron chi connectivity index (χ3n) is 2.68. The van der Waals surface area contributed by atoms with Gasteiger partial charge in [0.15, 0.2) is 10.8 Å². The predicted molar refractivity (Wildman–Crippen MR) is 76.6 cm³/mol. The van der Waals surface area contributed by atoms with Gasteiger partial charge in [0.1, 0.15) is 6.54 Å². The third kappa shape index (κ3) is 3.43. The number of carbonyl (C=O) groups is 2. The van der Waals surface area contributed by atoms with Gasteiger partial charge in [-0.2, -0.15) is 0 Å². The number of carbonyl (C=O) groups excluding carboxylic acids is 1. The predicted octanol–water partition coefficient (Wildman–Crippen LogP) is 1.50. The van der Waals surface area contributed by atoms with Crippen molar-refractivity contribution < 1.29 is 14.7 Å². The molecule has 2 aromatic heterocycles. The maximum absolute atomic E-state index is 12.0. The second kappa shape index (κ2) is 6.00. The molecule has 1 amide bonds. The molecule has 0 fully saturated rings. The Bertz CT molecular complexity index is 676. The first-order valence-electron chi connectivity index (χ1n) is 6.27. The van der Waals surface area contributed by atoms with Crippen molar-refractivity contribution in [1.29, 1.82) is 0 Å². The Hall–Kier alpha value is -2.29. The zero-order valence-electron chi connectivity index (χ0n) is 11.8. The van der Waals surface area contributed by atoms with E-state index in [0.717, 1.165) is 5.69 Å². The van der Waals surface area contributed by atoms with Gasteiger partial charge in [0.05, 0.1) is 11.4 Å². The molecule has 2 aromatic rings. The van der Waals surface area contributed by atoms with Gasteiger partial charge in [0.2, 0.25) is 5.91 Å². The van der Waals surface area contributed by atoms with Crippen molar-refractivity contribution in [2.45, 2.75) is 33.2 Å². The van der Waals surface area contributed by atoms with E-state index in [-0.39, 0.29) is 24.1 Å². The monoisotopic (exact) mass is 309 g/mol. The molecule has 21 heavy (non-hydrogen) atoms. The molecule has 0 saturated carbocycles. The first-order valence-corrected chi connectivity index (χ1v) is 7.15. The lowest BCUT2D eigenvalue weighted by atomic mass is 10.1. The highest BCUT2D eigenvalue weighted by atomic mass is 32.1. The molecule has 2 N–H and O–H groups in total. The lowest BCUT2D eigenvalue weighted by molar-refractivity contribution is -0.117. The Balaban J connectivity index is 2.15. The van der Waals surface area contributed by atoms with Crippen molar-refractivity contribution in [3.05, 3.63) is 22.5 Å². The van der Waals surface area contributed by atoms with Crippen LogP contribution in [0.15, 0.2) is 5.38 Å². The summed E-state index contributed by atoms with van der Waals surface area (Å²) >= 11 is 1.33. The number of nitrogens with zero attached hydrogens (tertiary/aromatic N) is 4. The summed E-state index contributed by atoms with van der Waals surface area (Å²) in [6.07, 6.45) is 0. The summed E-state index contributed by atoms with van der Waals surface area (Å²) in [6, 6.07) is 0. The largest absolute Gasteiger partial charge is 0.476 e. The van der Waals surface area contributed by atoms with Gasteiger partial charge in [-0.05, 0) is 12.8 Å². The molecule has 0 aromatic carbocycles. The normalized spacial score (nSPS) is 10.9. The zero-order chi connectivity index (χ0) is 15.6. The van der Waals surface area contributed by atoms with E-state index < -0.39 is 5.97 Å². The van der Waals surface area contributed by atoms with E-state index >= 15 is 0 Å². The number of hydrogen-bond donors (Lipinski definition) is 2. The summed E-state index contributed by atoms with van der Waals surface area (Å²) in [5, 5.41) is 21.4. The smallest absolute Gasteiger partial charge is 0.358 e. The van der Waals surface area contributed by atoms with Gasteiger partial charge < -0.3 is 10.4 Å². The van der Waals surface area contributed by atoms with Crippen LogP contribution in [0.5, 0.6) is 0 Å². The first-order chi connectivity index (χ1) is 9.88. The van der Waals surface area contributed by atoms with Crippen LogP contribution in [0, 0.1) is 6.92 Å². The Labute approximate surface area is 124 Å². The summed E-state index contributed by atoms with van der Waals surface area (Å²) in [4.78, 5) is 27.2. The average molecular weight is 309 g/mol. The van der Waals surface area contributed by atoms with E-state index in [1.807, 2.05) is 26.2 Å². The van der Waals surface area contributed by atoms with Gasteiger partial charge in [-0.25, -0.2) is 14.5 Å². The van der Waals surface area contributed by atoms with Crippen LogP contribution in [0.4, 0.5) is 5.13 Å². The molecule has 2 heterocycles. The van der Waals surface area contributed by atoms with E-state index in [1.54, 1.807) is 0 Å². The van der Waals surface area contributed by atoms with Crippen LogP contribution in [-0.2, 0) is 11.3 Å². The molecule has 9 heteroatoms. The molecular weight excluding hydrogens is 294 g/mol. The molecular formula is C12H15N5O3S. The molecule has 8 nitrogen and oxygen atoms in total. The topological polar surface area (TPSA) is 110 Å². The summed E-state index contributed by atoms with van der Waals surface area (Å²) in [5.74, 6) is -1.59. The number of carboxylic acid groups (broad SMARTS) is 1. The Morgan fingerprint density at radius 2 is 2.19 bits per heavy atom. The highest BCUT2D eigenvalue weighted by Gasteiger charge is 2.22. The van der Waals surface area contributed by atoms with Crippen LogP contribution in [0.3, 0.4) is 0 Å². The quantitative estimate of drug-likeness (QED) is 0.866. The number of anilines is 1. The van der Waals surface area contributed by atoms with E-state index in [1.165, 1.54) is 16.0 Å². The van der Waals surface area contributed by atoms with Gasteiger partial charge >= 0.3 is 5.97 Å². The van der Waals surface area contributed by atoms with E-state index in [4.69, 9.17) is 5.11 Å². The number of hydrogen-bond acceptors (Lipinski definition) is 6. The van der Waals surface area contributed by atoms with Crippen LogP contribution >= 0.6 is 11.3 Å². The number of aryl methyl sites for hydroxylation is 1. The minimum atomic E-state index is -1.15. The molecule has 0 atom stereocenters. The molecule has 0 aliphatic rings. The fourth-order valence-electron chi connectivity index (χ4n) is 1.87. The summed E-state index contributed by atoms with van der Waals surface area (Å²) in [5.41, 5.74) is 1.13. The fourth-order valence-corrected chi connectivity index (χ4v) is 2.57. The average Bonchev–Trinajstić information content (AvgIpc) is 2.95. The molecule has 0 spiro atoms. The first kappa shape index (κ1) is 15.1. The van der Waals surface area contributed by atoms with Crippen LogP contribution < -0.4 is 5.32 Å². The molecule has 0 bridgehead atoms. The molecule has 112 valence electrons. The lowest BCUT2D eigenvalue weighted by Gasteiger charge is -2.09. The molecule has 0 aliphatic carbocycles. The SMILES string of the molecule is Cc1csc(NC(=O)Cn2nnc(C(=O)O)c2C(C)C)n1. The standard InChI is InChI=1S/C12H15N5O3S/c1-6(2)10-9(11(19)20)15-16-17(10)4-8(18)14-12-13-7(3)5-21-12/h5-6H,4H2,1-3H3,(H,19,20)(H,13,14,18). The minimum Gasteiger partial charge on any atom is -0.476 e. The van der Waals surface area contributed by atoms with Gasteiger partial charge in [0, 0.05) is 5.38 Å². The number of thiazole rings is 1. The summed E-state index contributed by atoms with van der Waals surface area (Å²) < 4.78 is 1.31. The molecule has 2 rings (SSSR count). The highest BCUT2D eigenvalue weighted by Crippen LogP contribution is 2.18. The van der Waals surface area contributed by atoms with Crippen molar-refractivity contribution in [3.63, 3.8) is 0 Å². The minimum absolute atomic E-state index is 0.105. The Morgan fingerprint density at radius 1 is 1.48 bits per heavy atom. The number of carboxylic acids is 1. The maximum Gasteiger partial charge on any atom is 0.358 e. The number of aromatic carboxylic acids is 1. The maximum atomic E-state index is 12.0.